The zero-order chi connectivity index (χ0) is 30.5. The van der Waals surface area contributed by atoms with E-state index in [1.165, 1.54) is 16.8 Å². The van der Waals surface area contributed by atoms with E-state index in [9.17, 15) is 19.2 Å². The second-order valence-corrected chi connectivity index (χ2v) is 11.9. The van der Waals surface area contributed by atoms with Crippen molar-refractivity contribution in [3.63, 3.8) is 0 Å². The van der Waals surface area contributed by atoms with Gasteiger partial charge in [-0.1, -0.05) is 44.2 Å². The summed E-state index contributed by atoms with van der Waals surface area (Å²) in [6.07, 6.45) is 0.238. The van der Waals surface area contributed by atoms with Crippen LogP contribution in [0.4, 0.5) is 4.79 Å². The van der Waals surface area contributed by atoms with Crippen LogP contribution in [0, 0.1) is 12.8 Å². The predicted octanol–water partition coefficient (Wildman–Crippen LogP) is 4.76. The molecule has 1 aliphatic heterocycles. The summed E-state index contributed by atoms with van der Waals surface area (Å²) < 4.78 is 16.9. The highest BCUT2D eigenvalue weighted by molar-refractivity contribution is 5.93. The summed E-state index contributed by atoms with van der Waals surface area (Å²) in [5, 5.41) is 2.82. The highest BCUT2D eigenvalue weighted by Crippen LogP contribution is 2.38. The molecular formula is C31H43N3O7. The smallest absolute Gasteiger partial charge is 0.410 e. The maximum absolute atomic E-state index is 14.2. The number of amides is 3. The molecule has 0 aliphatic carbocycles. The average molecular weight is 570 g/mol. The van der Waals surface area contributed by atoms with Gasteiger partial charge in [0.2, 0.25) is 11.8 Å². The molecule has 1 saturated heterocycles. The number of nitrogens with one attached hydrogen (secondary N) is 1. The Morgan fingerprint density at radius 3 is 2.27 bits per heavy atom. The van der Waals surface area contributed by atoms with Crippen molar-refractivity contribution >= 4 is 23.9 Å². The first kappa shape index (κ1) is 31.7. The Kier molecular flexibility index (Phi) is 10.2. The second-order valence-electron chi connectivity index (χ2n) is 11.9. The fourth-order valence-electron chi connectivity index (χ4n) is 4.70. The summed E-state index contributed by atoms with van der Waals surface area (Å²) in [7, 11) is 1.47. The normalized spacial score (nSPS) is 18.5. The van der Waals surface area contributed by atoms with Gasteiger partial charge < -0.3 is 24.1 Å². The van der Waals surface area contributed by atoms with E-state index in [1.54, 1.807) is 33.8 Å². The van der Waals surface area contributed by atoms with E-state index in [2.05, 4.69) is 5.32 Å². The van der Waals surface area contributed by atoms with Gasteiger partial charge >= 0.3 is 12.1 Å². The molecule has 10 heteroatoms. The van der Waals surface area contributed by atoms with Crippen LogP contribution >= 0.6 is 0 Å². The fourth-order valence-corrected chi connectivity index (χ4v) is 4.70. The molecule has 1 N–H and O–H groups in total. The first-order valence-corrected chi connectivity index (χ1v) is 14.0. The van der Waals surface area contributed by atoms with E-state index in [-0.39, 0.29) is 12.5 Å². The first-order chi connectivity index (χ1) is 19.2. The minimum atomic E-state index is -0.960. The number of hydrogen-bond acceptors (Lipinski definition) is 7. The molecule has 41 heavy (non-hydrogen) atoms. The molecule has 2 aromatic rings. The van der Waals surface area contributed by atoms with Gasteiger partial charge in [-0.05, 0) is 71.1 Å². The number of likely N-dealkylation sites (N-methyl/N-ethyl adjacent to an activating group) is 1. The molecule has 3 rings (SSSR count). The van der Waals surface area contributed by atoms with Crippen LogP contribution in [0.5, 0.6) is 0 Å². The van der Waals surface area contributed by atoms with Crippen LogP contribution in [-0.2, 0) is 30.5 Å². The number of nitrogens with zero attached hydrogens (tertiary/aromatic N) is 2. The number of esters is 1. The van der Waals surface area contributed by atoms with E-state index in [0.717, 1.165) is 5.56 Å². The van der Waals surface area contributed by atoms with E-state index >= 15 is 0 Å². The third-order valence-corrected chi connectivity index (χ3v) is 7.10. The third-order valence-electron chi connectivity index (χ3n) is 7.10. The first-order valence-electron chi connectivity index (χ1n) is 14.0. The van der Waals surface area contributed by atoms with Crippen molar-refractivity contribution in [3.8, 4) is 0 Å². The molecule has 0 radical (unpaired) electrons. The Bertz CT molecular complexity index is 1220. The molecular weight excluding hydrogens is 526 g/mol. The zero-order valence-electron chi connectivity index (χ0n) is 25.3. The number of rotatable bonds is 9. The molecule has 1 fully saturated rings. The molecule has 1 aliphatic rings. The largest absolute Gasteiger partial charge is 0.464 e. The molecule has 1 aromatic heterocycles. The van der Waals surface area contributed by atoms with Crippen LogP contribution in [0.15, 0.2) is 46.9 Å². The lowest BCUT2D eigenvalue weighted by Crippen LogP contribution is -2.57. The van der Waals surface area contributed by atoms with Gasteiger partial charge in [-0.2, -0.15) is 0 Å². The number of carbonyl (C=O) groups excluding carboxylic acids is 4. The van der Waals surface area contributed by atoms with Crippen LogP contribution < -0.4 is 5.32 Å². The Balaban J connectivity index is 1.82. The SMILES string of the molecule is Cc1ccc([C@H]2CC[C@@H](C(=O)OCc3ccccc3)N2C(=O)[C@@H](NC(=O)[C@H](C)N(C)C(=O)OC(C)(C)C)C(C)C)o1. The molecule has 2 heterocycles. The lowest BCUT2D eigenvalue weighted by atomic mass is 10.0. The Labute approximate surface area is 242 Å². The van der Waals surface area contributed by atoms with Crippen molar-refractivity contribution < 1.29 is 33.1 Å². The van der Waals surface area contributed by atoms with Gasteiger partial charge in [0.25, 0.3) is 0 Å². The Hall–Kier alpha value is -3.82. The van der Waals surface area contributed by atoms with Crippen LogP contribution in [0.3, 0.4) is 0 Å². The standard InChI is InChI=1S/C31H43N3O7/c1-19(2)26(32-27(35)21(4)33(8)30(38)41-31(5,6)7)28(36)34-23(25-17-14-20(3)40-25)15-16-24(34)29(37)39-18-22-12-10-9-11-13-22/h9-14,17,19,21,23-24,26H,15-16,18H2,1-8H3,(H,32,35)/t21-,23+,24-,26-/m0/s1. The molecule has 0 spiro atoms. The number of furan rings is 1. The maximum atomic E-state index is 14.2. The average Bonchev–Trinajstić information content (AvgIpc) is 3.54. The lowest BCUT2D eigenvalue weighted by molar-refractivity contribution is -0.157. The van der Waals surface area contributed by atoms with Gasteiger partial charge in [0, 0.05) is 7.05 Å². The van der Waals surface area contributed by atoms with Crippen molar-refractivity contribution in [1.82, 2.24) is 15.1 Å². The number of likely N-dealkylation sites (tertiary alicyclic amines) is 1. The van der Waals surface area contributed by atoms with E-state index in [1.807, 2.05) is 57.2 Å². The molecule has 1 aromatic carbocycles. The molecule has 0 bridgehead atoms. The molecule has 0 saturated carbocycles. The summed E-state index contributed by atoms with van der Waals surface area (Å²) in [4.78, 5) is 56.0. The number of ether oxygens (including phenoxy) is 2. The number of hydrogen-bond donors (Lipinski definition) is 1. The molecule has 3 amide bonds. The zero-order valence-corrected chi connectivity index (χ0v) is 25.3. The molecule has 224 valence electrons. The monoisotopic (exact) mass is 569 g/mol. The van der Waals surface area contributed by atoms with Crippen molar-refractivity contribution in [1.29, 1.82) is 0 Å². The number of carbonyl (C=O) groups is 4. The van der Waals surface area contributed by atoms with Crippen LogP contribution in [0.2, 0.25) is 0 Å². The minimum absolute atomic E-state index is 0.0849. The van der Waals surface area contributed by atoms with Crippen molar-refractivity contribution in [2.75, 3.05) is 7.05 Å². The summed E-state index contributed by atoms with van der Waals surface area (Å²) in [5.41, 5.74) is 0.113. The van der Waals surface area contributed by atoms with E-state index in [0.29, 0.717) is 24.4 Å². The molecule has 4 atom stereocenters. The molecule has 10 nitrogen and oxygen atoms in total. The summed E-state index contributed by atoms with van der Waals surface area (Å²) in [6.45, 7) is 12.3. The number of benzene rings is 1. The van der Waals surface area contributed by atoms with Crippen LogP contribution in [0.25, 0.3) is 0 Å². The summed E-state index contributed by atoms with van der Waals surface area (Å²) in [5.74, 6) is -0.501. The topological polar surface area (TPSA) is 118 Å². The fraction of sp³-hybridized carbons (Fsp3) is 0.548. The van der Waals surface area contributed by atoms with Gasteiger partial charge in [0.1, 0.15) is 41.9 Å². The Morgan fingerprint density at radius 2 is 1.71 bits per heavy atom. The van der Waals surface area contributed by atoms with E-state index < -0.39 is 53.6 Å². The Morgan fingerprint density at radius 1 is 1.05 bits per heavy atom. The van der Waals surface area contributed by atoms with Crippen molar-refractivity contribution in [2.45, 2.75) is 97.7 Å². The van der Waals surface area contributed by atoms with E-state index in [4.69, 9.17) is 13.9 Å². The highest BCUT2D eigenvalue weighted by atomic mass is 16.6. The van der Waals surface area contributed by atoms with Crippen molar-refractivity contribution in [3.05, 3.63) is 59.5 Å². The maximum Gasteiger partial charge on any atom is 0.410 e. The highest BCUT2D eigenvalue weighted by Gasteiger charge is 2.46. The van der Waals surface area contributed by atoms with Gasteiger partial charge in [0.15, 0.2) is 0 Å². The third kappa shape index (κ3) is 8.11. The predicted molar refractivity (Wildman–Crippen MR) is 153 cm³/mol. The minimum Gasteiger partial charge on any atom is -0.464 e. The van der Waals surface area contributed by atoms with Gasteiger partial charge in [-0.15, -0.1) is 0 Å². The van der Waals surface area contributed by atoms with Gasteiger partial charge in [0.05, 0.1) is 6.04 Å². The summed E-state index contributed by atoms with van der Waals surface area (Å²) in [6, 6.07) is 9.73. The van der Waals surface area contributed by atoms with Gasteiger partial charge in [-0.25, -0.2) is 9.59 Å². The van der Waals surface area contributed by atoms with Gasteiger partial charge in [-0.3, -0.25) is 14.5 Å². The van der Waals surface area contributed by atoms with Crippen LogP contribution in [0.1, 0.15) is 77.5 Å². The number of aryl methyl sites for hydroxylation is 1. The van der Waals surface area contributed by atoms with Crippen molar-refractivity contribution in [2.24, 2.45) is 5.92 Å². The van der Waals surface area contributed by atoms with Crippen LogP contribution in [-0.4, -0.2) is 64.5 Å². The summed E-state index contributed by atoms with van der Waals surface area (Å²) >= 11 is 0. The lowest BCUT2D eigenvalue weighted by Gasteiger charge is -2.34. The molecule has 0 unspecified atom stereocenters. The second kappa shape index (κ2) is 13.2. The quantitative estimate of drug-likeness (QED) is 0.433.